The van der Waals surface area contributed by atoms with Crippen LogP contribution in [0.3, 0.4) is 0 Å². The van der Waals surface area contributed by atoms with Gasteiger partial charge in [0.2, 0.25) is 5.95 Å². The quantitative estimate of drug-likeness (QED) is 0.851. The van der Waals surface area contributed by atoms with Crippen molar-refractivity contribution in [2.24, 2.45) is 5.92 Å². The van der Waals surface area contributed by atoms with E-state index in [1.165, 1.54) is 12.3 Å². The number of nitrogens with zero attached hydrogens (tertiary/aromatic N) is 1. The van der Waals surface area contributed by atoms with Gasteiger partial charge in [0.15, 0.2) is 0 Å². The first-order chi connectivity index (χ1) is 10.1. The minimum Gasteiger partial charge on any atom is -0.345 e. The van der Waals surface area contributed by atoms with Crippen LogP contribution < -0.4 is 5.32 Å². The largest absolute Gasteiger partial charge is 0.345 e. The lowest BCUT2D eigenvalue weighted by molar-refractivity contribution is 0.0931. The third-order valence-electron chi connectivity index (χ3n) is 3.20. The normalized spacial score (nSPS) is 12.2. The van der Waals surface area contributed by atoms with Crippen molar-refractivity contribution in [1.82, 2.24) is 10.3 Å². The number of hydrogen-bond acceptors (Lipinski definition) is 2. The zero-order chi connectivity index (χ0) is 15.2. The van der Waals surface area contributed by atoms with Crippen LogP contribution >= 0.6 is 0 Å². The molecule has 4 heteroatoms. The summed E-state index contributed by atoms with van der Waals surface area (Å²) in [6.07, 6.45) is 2.12. The highest BCUT2D eigenvalue weighted by molar-refractivity contribution is 5.94. The van der Waals surface area contributed by atoms with E-state index in [1.54, 1.807) is 0 Å². The van der Waals surface area contributed by atoms with Crippen LogP contribution in [0.2, 0.25) is 0 Å². The number of aromatic nitrogens is 1. The van der Waals surface area contributed by atoms with Gasteiger partial charge in [-0.3, -0.25) is 4.79 Å². The Bertz CT molecular complexity index is 599. The molecule has 1 N–H and O–H groups in total. The summed E-state index contributed by atoms with van der Waals surface area (Å²) in [5.41, 5.74) is 1.33. The van der Waals surface area contributed by atoms with Crippen LogP contribution in [0.15, 0.2) is 48.7 Å². The van der Waals surface area contributed by atoms with Crippen molar-refractivity contribution < 1.29 is 9.18 Å². The van der Waals surface area contributed by atoms with E-state index in [-0.39, 0.29) is 17.5 Å². The number of benzene rings is 1. The molecular weight excluding hydrogens is 267 g/mol. The first-order valence-electron chi connectivity index (χ1n) is 7.03. The van der Waals surface area contributed by atoms with Gasteiger partial charge in [-0.15, -0.1) is 0 Å². The lowest BCUT2D eigenvalue weighted by Crippen LogP contribution is -2.29. The number of halogens is 1. The smallest absolute Gasteiger partial charge is 0.251 e. The standard InChI is InChI=1S/C17H19FN2O/c1-12(2)10-15(13-6-4-3-5-7-13)20-17(21)14-8-9-19-16(18)11-14/h3-9,11-12,15H,10H2,1-2H3,(H,20,21). The molecule has 1 aromatic carbocycles. The molecule has 0 fully saturated rings. The minimum absolute atomic E-state index is 0.0880. The van der Waals surface area contributed by atoms with E-state index >= 15 is 0 Å². The van der Waals surface area contributed by atoms with Crippen molar-refractivity contribution in [2.75, 3.05) is 0 Å². The number of amides is 1. The van der Waals surface area contributed by atoms with Gasteiger partial charge in [-0.05, 0) is 24.0 Å². The summed E-state index contributed by atoms with van der Waals surface area (Å²) in [6, 6.07) is 12.4. The molecule has 2 rings (SSSR count). The lowest BCUT2D eigenvalue weighted by Gasteiger charge is -2.21. The third kappa shape index (κ3) is 4.38. The molecule has 1 aromatic heterocycles. The second kappa shape index (κ2) is 6.97. The van der Waals surface area contributed by atoms with E-state index in [9.17, 15) is 9.18 Å². The summed E-state index contributed by atoms with van der Waals surface area (Å²) in [5.74, 6) is -0.502. The number of hydrogen-bond donors (Lipinski definition) is 1. The van der Waals surface area contributed by atoms with Gasteiger partial charge in [-0.25, -0.2) is 4.98 Å². The molecule has 0 spiro atoms. The molecule has 0 saturated heterocycles. The maximum absolute atomic E-state index is 13.1. The third-order valence-corrected chi connectivity index (χ3v) is 3.20. The van der Waals surface area contributed by atoms with E-state index in [0.717, 1.165) is 18.1 Å². The summed E-state index contributed by atoms with van der Waals surface area (Å²) < 4.78 is 13.1. The van der Waals surface area contributed by atoms with Crippen LogP contribution in [0, 0.1) is 11.9 Å². The fraction of sp³-hybridized carbons (Fsp3) is 0.294. The van der Waals surface area contributed by atoms with E-state index in [0.29, 0.717) is 5.92 Å². The molecular formula is C17H19FN2O. The van der Waals surface area contributed by atoms with Crippen LogP contribution in [0.25, 0.3) is 0 Å². The fourth-order valence-electron chi connectivity index (χ4n) is 2.22. The maximum Gasteiger partial charge on any atom is 0.251 e. The van der Waals surface area contributed by atoms with E-state index in [2.05, 4.69) is 24.1 Å². The van der Waals surface area contributed by atoms with Crippen LogP contribution in [0.1, 0.15) is 42.2 Å². The summed E-state index contributed by atoms with van der Waals surface area (Å²) in [6.45, 7) is 4.21. The van der Waals surface area contributed by atoms with Crippen LogP contribution in [0.5, 0.6) is 0 Å². The predicted molar refractivity (Wildman–Crippen MR) is 80.3 cm³/mol. The van der Waals surface area contributed by atoms with Crippen molar-refractivity contribution >= 4 is 5.91 Å². The Morgan fingerprint density at radius 1 is 1.24 bits per heavy atom. The molecule has 1 unspecified atom stereocenters. The van der Waals surface area contributed by atoms with E-state index in [4.69, 9.17) is 0 Å². The Balaban J connectivity index is 2.17. The summed E-state index contributed by atoms with van der Waals surface area (Å²) >= 11 is 0. The van der Waals surface area contributed by atoms with Gasteiger partial charge < -0.3 is 5.32 Å². The van der Waals surface area contributed by atoms with Crippen molar-refractivity contribution in [3.63, 3.8) is 0 Å². The zero-order valence-electron chi connectivity index (χ0n) is 12.2. The number of carbonyl (C=O) groups excluding carboxylic acids is 1. The Hall–Kier alpha value is -2.23. The van der Waals surface area contributed by atoms with E-state index in [1.807, 2.05) is 30.3 Å². The molecule has 1 heterocycles. The Morgan fingerprint density at radius 3 is 2.57 bits per heavy atom. The molecule has 0 radical (unpaired) electrons. The molecule has 1 atom stereocenters. The summed E-state index contributed by atoms with van der Waals surface area (Å²) in [5, 5.41) is 2.97. The van der Waals surface area contributed by atoms with Crippen LogP contribution in [-0.2, 0) is 0 Å². The highest BCUT2D eigenvalue weighted by atomic mass is 19.1. The first kappa shape index (κ1) is 15.2. The van der Waals surface area contributed by atoms with Gasteiger partial charge in [0.05, 0.1) is 6.04 Å². The highest BCUT2D eigenvalue weighted by Crippen LogP contribution is 2.21. The molecule has 0 saturated carbocycles. The van der Waals surface area contributed by atoms with Gasteiger partial charge in [0.1, 0.15) is 0 Å². The van der Waals surface area contributed by atoms with Crippen LogP contribution in [0.4, 0.5) is 4.39 Å². The lowest BCUT2D eigenvalue weighted by atomic mass is 9.96. The fourth-order valence-corrected chi connectivity index (χ4v) is 2.22. The maximum atomic E-state index is 13.1. The molecule has 0 bridgehead atoms. The number of pyridine rings is 1. The van der Waals surface area contributed by atoms with E-state index < -0.39 is 5.95 Å². The molecule has 3 nitrogen and oxygen atoms in total. The molecule has 110 valence electrons. The van der Waals surface area contributed by atoms with Gasteiger partial charge in [0.25, 0.3) is 5.91 Å². The monoisotopic (exact) mass is 286 g/mol. The number of carbonyl (C=O) groups is 1. The second-order valence-corrected chi connectivity index (χ2v) is 5.43. The summed E-state index contributed by atoms with van der Waals surface area (Å²) in [4.78, 5) is 15.7. The molecule has 0 aliphatic rings. The average Bonchev–Trinajstić information content (AvgIpc) is 2.47. The minimum atomic E-state index is -0.650. The SMILES string of the molecule is CC(C)CC(NC(=O)c1ccnc(F)c1)c1ccccc1. The van der Waals surface area contributed by atoms with Gasteiger partial charge >= 0.3 is 0 Å². The Labute approximate surface area is 124 Å². The summed E-state index contributed by atoms with van der Waals surface area (Å²) in [7, 11) is 0. The van der Waals surface area contributed by atoms with Crippen molar-refractivity contribution in [3.05, 3.63) is 65.7 Å². The zero-order valence-corrected chi connectivity index (χ0v) is 12.2. The molecule has 1 amide bonds. The van der Waals surface area contributed by atoms with Gasteiger partial charge in [-0.2, -0.15) is 4.39 Å². The average molecular weight is 286 g/mol. The Morgan fingerprint density at radius 2 is 1.95 bits per heavy atom. The first-order valence-corrected chi connectivity index (χ1v) is 7.03. The predicted octanol–water partition coefficient (Wildman–Crippen LogP) is 3.74. The topological polar surface area (TPSA) is 42.0 Å². The molecule has 0 aliphatic heterocycles. The number of nitrogens with one attached hydrogen (secondary N) is 1. The number of rotatable bonds is 5. The van der Waals surface area contributed by atoms with Crippen molar-refractivity contribution in [2.45, 2.75) is 26.3 Å². The molecule has 0 aliphatic carbocycles. The van der Waals surface area contributed by atoms with Crippen LogP contribution in [-0.4, -0.2) is 10.9 Å². The van der Waals surface area contributed by atoms with Gasteiger partial charge in [0, 0.05) is 17.8 Å². The van der Waals surface area contributed by atoms with Gasteiger partial charge in [-0.1, -0.05) is 44.2 Å². The van der Waals surface area contributed by atoms with Crippen molar-refractivity contribution in [3.8, 4) is 0 Å². The second-order valence-electron chi connectivity index (χ2n) is 5.43. The highest BCUT2D eigenvalue weighted by Gasteiger charge is 2.17. The molecule has 2 aromatic rings. The Kier molecular flexibility index (Phi) is 5.04. The molecule has 21 heavy (non-hydrogen) atoms. The van der Waals surface area contributed by atoms with Crippen molar-refractivity contribution in [1.29, 1.82) is 0 Å².